The lowest BCUT2D eigenvalue weighted by Crippen LogP contribution is -2.46. The number of nitrogens with one attached hydrogen (secondary N) is 1. The molecule has 0 unspecified atom stereocenters. The van der Waals surface area contributed by atoms with Gasteiger partial charge in [0.1, 0.15) is 42.0 Å². The van der Waals surface area contributed by atoms with E-state index in [2.05, 4.69) is 24.3 Å². The fraction of sp³-hybridized carbons (Fsp3) is 0.234. The minimum Gasteiger partial charge on any atom is -0.488 e. The predicted octanol–water partition coefficient (Wildman–Crippen LogP) is 13.7. The molecule has 0 bridgehead atoms. The molecule has 0 spiro atoms. The van der Waals surface area contributed by atoms with Crippen LogP contribution < -0.4 is 38.6 Å². The van der Waals surface area contributed by atoms with Gasteiger partial charge in [0.25, 0.3) is 0 Å². The van der Waals surface area contributed by atoms with E-state index in [-0.39, 0.29) is 52.8 Å². The first-order valence-corrected chi connectivity index (χ1v) is 20.4. The van der Waals surface area contributed by atoms with E-state index in [9.17, 15) is 71.0 Å². The molecular weight excluding hydrogens is 989 g/mol. The van der Waals surface area contributed by atoms with E-state index in [1.165, 1.54) is 78.9 Å². The standard InChI is InChI=1S/C25H18F9NO4.C22H15F6NO3/c26-23(27,28)21(36)12-35-19-9-3-8-18(14-4-1-6-16(10-14)38-24(29,30)31)22(19)37-13-20(35)15-5-2-7-17(11-15)39-25(32,33)34;23-21(24,25)31-15-6-1-4-13(10-15)17-8-3-9-18-20(17)30-12-19(29-18)14-5-2-7-16(11-14)32-22(26,27)28/h1-11,20-21,36H,12-13H2;1-11,19,29H,12H2/t20-,21-;19-/m11/s1. The molecule has 378 valence electrons. The zero-order chi connectivity index (χ0) is 51.5. The second kappa shape index (κ2) is 20.2. The van der Waals surface area contributed by atoms with Gasteiger partial charge in [0.2, 0.25) is 0 Å². The summed E-state index contributed by atoms with van der Waals surface area (Å²) in [6.07, 6.45) is -27.5. The quantitative estimate of drug-likeness (QED) is 0.130. The largest absolute Gasteiger partial charge is 0.573 e. The SMILES string of the molecule is FC(F)(F)Oc1cccc(-c2cccc3c2OC[C@H](c2cccc(OC(F)(F)F)c2)N3)c1.O[C@H](CN1c2cccc(-c3cccc(OC(F)(F)F)c3)c2OC[C@@H]1c1cccc(OC(F)(F)F)c1)C(F)(F)F. The van der Waals surface area contributed by atoms with Crippen molar-refractivity contribution in [2.24, 2.45) is 0 Å². The lowest BCUT2D eigenvalue weighted by molar-refractivity contribution is -0.275. The lowest BCUT2D eigenvalue weighted by atomic mass is 9.98. The number of anilines is 2. The van der Waals surface area contributed by atoms with Crippen LogP contribution in [0.2, 0.25) is 0 Å². The maximum Gasteiger partial charge on any atom is 0.573 e. The first-order valence-electron chi connectivity index (χ1n) is 20.4. The molecule has 0 fully saturated rings. The van der Waals surface area contributed by atoms with Crippen LogP contribution in [0.25, 0.3) is 22.3 Å². The molecule has 6 aromatic carbocycles. The van der Waals surface area contributed by atoms with Crippen LogP contribution in [-0.4, -0.2) is 62.6 Å². The summed E-state index contributed by atoms with van der Waals surface area (Å²) in [4.78, 5) is 1.11. The lowest BCUT2D eigenvalue weighted by Gasteiger charge is -2.41. The van der Waals surface area contributed by atoms with Gasteiger partial charge in [-0.2, -0.15) is 13.2 Å². The van der Waals surface area contributed by atoms with E-state index >= 15 is 0 Å². The molecule has 0 radical (unpaired) electrons. The summed E-state index contributed by atoms with van der Waals surface area (Å²) < 4.78 is 219. The molecule has 3 atom stereocenters. The predicted molar refractivity (Wildman–Crippen MR) is 223 cm³/mol. The maximum absolute atomic E-state index is 13.3. The summed E-state index contributed by atoms with van der Waals surface area (Å²) in [5.74, 6) is -1.46. The molecule has 0 aliphatic carbocycles. The molecule has 2 aliphatic heterocycles. The van der Waals surface area contributed by atoms with Crippen molar-refractivity contribution in [3.63, 3.8) is 0 Å². The molecule has 71 heavy (non-hydrogen) atoms. The highest BCUT2D eigenvalue weighted by Crippen LogP contribution is 2.47. The Morgan fingerprint density at radius 1 is 0.507 bits per heavy atom. The number of hydrogen-bond acceptors (Lipinski definition) is 9. The molecule has 24 heteroatoms. The minimum atomic E-state index is -5.02. The molecule has 2 heterocycles. The van der Waals surface area contributed by atoms with Crippen molar-refractivity contribution >= 4 is 11.4 Å². The number of alkyl halides is 15. The number of rotatable bonds is 10. The highest BCUT2D eigenvalue weighted by Gasteiger charge is 2.43. The van der Waals surface area contributed by atoms with Crippen molar-refractivity contribution in [1.82, 2.24) is 0 Å². The van der Waals surface area contributed by atoms with E-state index in [1.54, 1.807) is 30.3 Å². The van der Waals surface area contributed by atoms with Gasteiger partial charge in [-0.25, -0.2) is 0 Å². The van der Waals surface area contributed by atoms with Gasteiger partial charge in [0.15, 0.2) is 11.9 Å². The Bertz CT molecular complexity index is 2800. The van der Waals surface area contributed by atoms with E-state index < -0.39 is 67.9 Å². The number of hydrogen-bond donors (Lipinski definition) is 2. The average molecular weight is 1020 g/mol. The molecule has 9 nitrogen and oxygen atoms in total. The summed E-state index contributed by atoms with van der Waals surface area (Å²) in [6.45, 7) is -1.31. The summed E-state index contributed by atoms with van der Waals surface area (Å²) in [6, 6.07) is 28.2. The number of ether oxygens (including phenoxy) is 6. The molecule has 2 aliphatic rings. The van der Waals surface area contributed by atoms with Crippen LogP contribution in [0.1, 0.15) is 23.2 Å². The van der Waals surface area contributed by atoms with E-state index in [0.29, 0.717) is 28.1 Å². The van der Waals surface area contributed by atoms with Crippen LogP contribution in [0.5, 0.6) is 34.5 Å². The molecule has 0 amide bonds. The first-order chi connectivity index (χ1) is 33.2. The fourth-order valence-corrected chi connectivity index (χ4v) is 7.52. The molecule has 2 N–H and O–H groups in total. The number of β-amino-alcohol motifs (C(OH)–C–C–N with tert-alkyl or cyclic N) is 1. The molecule has 8 rings (SSSR count). The monoisotopic (exact) mass is 1020 g/mol. The Labute approximate surface area is 391 Å². The Morgan fingerprint density at radius 2 is 0.930 bits per heavy atom. The van der Waals surface area contributed by atoms with Crippen molar-refractivity contribution in [2.75, 3.05) is 30.0 Å². The minimum absolute atomic E-state index is 0.00465. The molecule has 0 saturated heterocycles. The number of halogens is 15. The topological polar surface area (TPSA) is 90.9 Å². The third kappa shape index (κ3) is 13.9. The van der Waals surface area contributed by atoms with Crippen LogP contribution in [0.3, 0.4) is 0 Å². The van der Waals surface area contributed by atoms with Gasteiger partial charge in [-0.15, -0.1) is 52.7 Å². The van der Waals surface area contributed by atoms with Gasteiger partial charge >= 0.3 is 31.6 Å². The maximum atomic E-state index is 13.3. The van der Waals surface area contributed by atoms with Crippen LogP contribution >= 0.6 is 0 Å². The Balaban J connectivity index is 0.000000213. The number of para-hydroxylation sites is 2. The molecular formula is C47H33F15N2O7. The highest BCUT2D eigenvalue weighted by atomic mass is 19.4. The molecule has 6 aromatic rings. The Kier molecular flexibility index (Phi) is 14.6. The number of benzene rings is 6. The van der Waals surface area contributed by atoms with E-state index in [1.807, 2.05) is 0 Å². The van der Waals surface area contributed by atoms with E-state index in [4.69, 9.17) is 9.47 Å². The zero-order valence-corrected chi connectivity index (χ0v) is 35.6. The summed E-state index contributed by atoms with van der Waals surface area (Å²) >= 11 is 0. The number of fused-ring (bicyclic) bond motifs is 2. The summed E-state index contributed by atoms with van der Waals surface area (Å²) in [5, 5.41) is 13.1. The van der Waals surface area contributed by atoms with Gasteiger partial charge in [-0.3, -0.25) is 0 Å². The second-order valence-electron chi connectivity index (χ2n) is 15.3. The second-order valence-corrected chi connectivity index (χ2v) is 15.3. The van der Waals surface area contributed by atoms with Crippen molar-refractivity contribution in [2.45, 2.75) is 49.8 Å². The van der Waals surface area contributed by atoms with Gasteiger partial charge in [-0.05, 0) is 82.9 Å². The number of aliphatic hydroxyl groups excluding tert-OH is 1. The van der Waals surface area contributed by atoms with Gasteiger partial charge in [-0.1, -0.05) is 72.8 Å². The van der Waals surface area contributed by atoms with Crippen LogP contribution in [-0.2, 0) is 0 Å². The van der Waals surface area contributed by atoms with Crippen molar-refractivity contribution in [1.29, 1.82) is 0 Å². The highest BCUT2D eigenvalue weighted by molar-refractivity contribution is 5.81. The normalized spacial score (nSPS) is 16.4. The molecule has 0 saturated carbocycles. The Hall–Kier alpha value is -7.37. The van der Waals surface area contributed by atoms with Gasteiger partial charge < -0.3 is 43.7 Å². The third-order valence-electron chi connectivity index (χ3n) is 10.3. The first kappa shape index (κ1) is 51.5. The van der Waals surface area contributed by atoms with Gasteiger partial charge in [0, 0.05) is 11.1 Å². The summed E-state index contributed by atoms with van der Waals surface area (Å²) in [7, 11) is 0. The zero-order valence-electron chi connectivity index (χ0n) is 35.6. The Morgan fingerprint density at radius 3 is 1.44 bits per heavy atom. The van der Waals surface area contributed by atoms with Crippen molar-refractivity contribution < 1.29 is 99.4 Å². The number of aliphatic hydroxyl groups is 1. The van der Waals surface area contributed by atoms with Crippen LogP contribution in [0, 0.1) is 0 Å². The summed E-state index contributed by atoms with van der Waals surface area (Å²) in [5.41, 5.74) is 2.56. The van der Waals surface area contributed by atoms with Gasteiger partial charge in [0.05, 0.1) is 30.0 Å². The fourth-order valence-electron chi connectivity index (χ4n) is 7.52. The average Bonchev–Trinajstić information content (AvgIpc) is 3.26. The van der Waals surface area contributed by atoms with E-state index in [0.717, 1.165) is 29.2 Å². The third-order valence-corrected chi connectivity index (χ3v) is 10.3. The van der Waals surface area contributed by atoms with Crippen LogP contribution in [0.15, 0.2) is 133 Å². The smallest absolute Gasteiger partial charge is 0.488 e. The van der Waals surface area contributed by atoms with Crippen LogP contribution in [0.4, 0.5) is 77.2 Å². The number of nitrogens with zero attached hydrogens (tertiary/aromatic N) is 1. The molecule has 0 aromatic heterocycles. The van der Waals surface area contributed by atoms with Crippen molar-refractivity contribution in [3.05, 3.63) is 145 Å². The van der Waals surface area contributed by atoms with Crippen molar-refractivity contribution in [3.8, 4) is 56.8 Å².